The summed E-state index contributed by atoms with van der Waals surface area (Å²) in [6, 6.07) is 5.67. The SMILES string of the molecule is COC(=O)c1ccc(C)c(C(C)C)c1. The maximum atomic E-state index is 11.3. The van der Waals surface area contributed by atoms with E-state index in [2.05, 4.69) is 25.5 Å². The highest BCUT2D eigenvalue weighted by atomic mass is 16.5. The second-order valence-electron chi connectivity index (χ2n) is 3.72. The van der Waals surface area contributed by atoms with Gasteiger partial charge in [0.25, 0.3) is 0 Å². The molecule has 0 heterocycles. The van der Waals surface area contributed by atoms with E-state index in [0.29, 0.717) is 11.5 Å². The molecule has 0 aliphatic rings. The molecule has 0 bridgehead atoms. The minimum Gasteiger partial charge on any atom is -0.465 e. The van der Waals surface area contributed by atoms with E-state index in [0.717, 1.165) is 0 Å². The molecular weight excluding hydrogens is 176 g/mol. The summed E-state index contributed by atoms with van der Waals surface area (Å²) < 4.78 is 4.67. The molecule has 0 saturated heterocycles. The van der Waals surface area contributed by atoms with Gasteiger partial charge in [-0.1, -0.05) is 19.9 Å². The summed E-state index contributed by atoms with van der Waals surface area (Å²) in [6.45, 7) is 6.28. The Hall–Kier alpha value is -1.31. The first-order valence-corrected chi connectivity index (χ1v) is 4.75. The molecule has 1 rings (SSSR count). The molecule has 2 nitrogen and oxygen atoms in total. The highest BCUT2D eigenvalue weighted by molar-refractivity contribution is 5.89. The van der Waals surface area contributed by atoms with E-state index in [1.807, 2.05) is 12.1 Å². The molecule has 0 radical (unpaired) electrons. The average molecular weight is 192 g/mol. The number of hydrogen-bond acceptors (Lipinski definition) is 2. The van der Waals surface area contributed by atoms with Crippen LogP contribution in [0.3, 0.4) is 0 Å². The minimum atomic E-state index is -0.271. The Morgan fingerprint density at radius 1 is 1.36 bits per heavy atom. The van der Waals surface area contributed by atoms with E-state index >= 15 is 0 Å². The Bertz CT molecular complexity index is 340. The summed E-state index contributed by atoms with van der Waals surface area (Å²) in [6.07, 6.45) is 0. The number of benzene rings is 1. The molecular formula is C12H16O2. The van der Waals surface area contributed by atoms with Gasteiger partial charge < -0.3 is 4.74 Å². The van der Waals surface area contributed by atoms with Crippen LogP contribution in [0.15, 0.2) is 18.2 Å². The second-order valence-corrected chi connectivity index (χ2v) is 3.72. The van der Waals surface area contributed by atoms with Crippen LogP contribution in [0.2, 0.25) is 0 Å². The van der Waals surface area contributed by atoms with Gasteiger partial charge in [-0.2, -0.15) is 0 Å². The van der Waals surface area contributed by atoms with E-state index in [1.54, 1.807) is 6.07 Å². The van der Waals surface area contributed by atoms with Crippen molar-refractivity contribution in [1.82, 2.24) is 0 Å². The Balaban J connectivity index is 3.13. The van der Waals surface area contributed by atoms with Crippen LogP contribution in [-0.2, 0) is 4.74 Å². The van der Waals surface area contributed by atoms with Crippen LogP contribution in [-0.4, -0.2) is 13.1 Å². The first-order valence-electron chi connectivity index (χ1n) is 4.75. The highest BCUT2D eigenvalue weighted by Crippen LogP contribution is 2.20. The lowest BCUT2D eigenvalue weighted by Crippen LogP contribution is -2.03. The fourth-order valence-electron chi connectivity index (χ4n) is 1.51. The van der Waals surface area contributed by atoms with E-state index in [4.69, 9.17) is 0 Å². The molecule has 76 valence electrons. The lowest BCUT2D eigenvalue weighted by molar-refractivity contribution is 0.0600. The molecule has 14 heavy (non-hydrogen) atoms. The van der Waals surface area contributed by atoms with Crippen LogP contribution in [0, 0.1) is 6.92 Å². The van der Waals surface area contributed by atoms with Crippen molar-refractivity contribution in [2.45, 2.75) is 26.7 Å². The van der Waals surface area contributed by atoms with Gasteiger partial charge in [0, 0.05) is 0 Å². The van der Waals surface area contributed by atoms with Crippen molar-refractivity contribution in [2.24, 2.45) is 0 Å². The van der Waals surface area contributed by atoms with Gasteiger partial charge in [0.15, 0.2) is 0 Å². The molecule has 0 amide bonds. The standard InChI is InChI=1S/C12H16O2/c1-8(2)11-7-10(12(13)14-4)6-5-9(11)3/h5-8H,1-4H3. The molecule has 0 N–H and O–H groups in total. The predicted octanol–water partition coefficient (Wildman–Crippen LogP) is 2.91. The topological polar surface area (TPSA) is 26.3 Å². The summed E-state index contributed by atoms with van der Waals surface area (Å²) in [5, 5.41) is 0. The molecule has 1 aromatic carbocycles. The number of rotatable bonds is 2. The monoisotopic (exact) mass is 192 g/mol. The fourth-order valence-corrected chi connectivity index (χ4v) is 1.51. The van der Waals surface area contributed by atoms with Crippen molar-refractivity contribution >= 4 is 5.97 Å². The third-order valence-corrected chi connectivity index (χ3v) is 2.32. The molecule has 0 fully saturated rings. The molecule has 0 spiro atoms. The van der Waals surface area contributed by atoms with E-state index in [1.165, 1.54) is 18.2 Å². The molecule has 0 saturated carbocycles. The lowest BCUT2D eigenvalue weighted by Gasteiger charge is -2.10. The first-order chi connectivity index (χ1) is 6.56. The van der Waals surface area contributed by atoms with Crippen molar-refractivity contribution in [3.05, 3.63) is 34.9 Å². The largest absolute Gasteiger partial charge is 0.465 e. The highest BCUT2D eigenvalue weighted by Gasteiger charge is 2.09. The third-order valence-electron chi connectivity index (χ3n) is 2.32. The minimum absolute atomic E-state index is 0.271. The van der Waals surface area contributed by atoms with Crippen molar-refractivity contribution in [2.75, 3.05) is 7.11 Å². The van der Waals surface area contributed by atoms with Crippen LogP contribution in [0.1, 0.15) is 41.3 Å². The number of ether oxygens (including phenoxy) is 1. The summed E-state index contributed by atoms with van der Waals surface area (Å²) in [7, 11) is 1.40. The quantitative estimate of drug-likeness (QED) is 0.673. The normalized spacial score (nSPS) is 10.4. The molecule has 1 aromatic rings. The van der Waals surface area contributed by atoms with E-state index in [-0.39, 0.29) is 5.97 Å². The van der Waals surface area contributed by atoms with Gasteiger partial charge in [-0.3, -0.25) is 0 Å². The lowest BCUT2D eigenvalue weighted by atomic mass is 9.96. The number of hydrogen-bond donors (Lipinski definition) is 0. The summed E-state index contributed by atoms with van der Waals surface area (Å²) >= 11 is 0. The second kappa shape index (κ2) is 4.27. The zero-order chi connectivity index (χ0) is 10.7. The number of esters is 1. The Morgan fingerprint density at radius 3 is 2.50 bits per heavy atom. The smallest absolute Gasteiger partial charge is 0.337 e. The first kappa shape index (κ1) is 10.8. The van der Waals surface area contributed by atoms with Gasteiger partial charge in [-0.25, -0.2) is 4.79 Å². The Morgan fingerprint density at radius 2 is 2.00 bits per heavy atom. The number of carbonyl (C=O) groups is 1. The predicted molar refractivity (Wildman–Crippen MR) is 56.6 cm³/mol. The molecule has 0 aliphatic carbocycles. The fraction of sp³-hybridized carbons (Fsp3) is 0.417. The van der Waals surface area contributed by atoms with Gasteiger partial charge in [0.05, 0.1) is 12.7 Å². The van der Waals surface area contributed by atoms with Gasteiger partial charge in [0.2, 0.25) is 0 Å². The van der Waals surface area contributed by atoms with Gasteiger partial charge >= 0.3 is 5.97 Å². The molecule has 0 atom stereocenters. The van der Waals surface area contributed by atoms with Crippen LogP contribution >= 0.6 is 0 Å². The maximum Gasteiger partial charge on any atom is 0.337 e. The molecule has 0 aromatic heterocycles. The number of aryl methyl sites for hydroxylation is 1. The number of methoxy groups -OCH3 is 1. The van der Waals surface area contributed by atoms with Crippen molar-refractivity contribution < 1.29 is 9.53 Å². The zero-order valence-corrected chi connectivity index (χ0v) is 9.13. The van der Waals surface area contributed by atoms with Crippen LogP contribution in [0.4, 0.5) is 0 Å². The average Bonchev–Trinajstić information content (AvgIpc) is 2.17. The van der Waals surface area contributed by atoms with Gasteiger partial charge in [-0.15, -0.1) is 0 Å². The van der Waals surface area contributed by atoms with Crippen LogP contribution in [0.5, 0.6) is 0 Å². The van der Waals surface area contributed by atoms with Crippen molar-refractivity contribution in [3.63, 3.8) is 0 Å². The third kappa shape index (κ3) is 2.13. The Kier molecular flexibility index (Phi) is 3.28. The van der Waals surface area contributed by atoms with Gasteiger partial charge in [0.1, 0.15) is 0 Å². The van der Waals surface area contributed by atoms with Gasteiger partial charge in [-0.05, 0) is 36.1 Å². The van der Waals surface area contributed by atoms with E-state index < -0.39 is 0 Å². The molecule has 0 unspecified atom stereocenters. The van der Waals surface area contributed by atoms with Crippen molar-refractivity contribution in [3.8, 4) is 0 Å². The zero-order valence-electron chi connectivity index (χ0n) is 9.13. The maximum absolute atomic E-state index is 11.3. The van der Waals surface area contributed by atoms with Crippen molar-refractivity contribution in [1.29, 1.82) is 0 Å². The summed E-state index contributed by atoms with van der Waals surface area (Å²) in [5.74, 6) is 0.159. The van der Waals surface area contributed by atoms with Crippen LogP contribution < -0.4 is 0 Å². The number of carbonyl (C=O) groups excluding carboxylic acids is 1. The van der Waals surface area contributed by atoms with E-state index in [9.17, 15) is 4.79 Å². The molecule has 2 heteroatoms. The van der Waals surface area contributed by atoms with Crippen LogP contribution in [0.25, 0.3) is 0 Å². The Labute approximate surface area is 84.9 Å². The summed E-state index contributed by atoms with van der Waals surface area (Å²) in [5.41, 5.74) is 3.04. The molecule has 0 aliphatic heterocycles. The summed E-state index contributed by atoms with van der Waals surface area (Å²) in [4.78, 5) is 11.3.